The molecule has 0 saturated carbocycles. The molecule has 3 aromatic heterocycles. The molecule has 4 rings (SSSR count). The average Bonchev–Trinajstić information content (AvgIpc) is 3.34. The summed E-state index contributed by atoms with van der Waals surface area (Å²) in [5, 5.41) is 4.26. The van der Waals surface area contributed by atoms with E-state index in [0.29, 0.717) is 4.88 Å². The van der Waals surface area contributed by atoms with Crippen molar-refractivity contribution in [1.82, 2.24) is 19.1 Å². The summed E-state index contributed by atoms with van der Waals surface area (Å²) in [7, 11) is 2.77. The lowest BCUT2D eigenvalue weighted by molar-refractivity contribution is -0.137. The van der Waals surface area contributed by atoms with Gasteiger partial charge in [-0.25, -0.2) is 14.8 Å². The Morgan fingerprint density at radius 2 is 1.82 bits per heavy atom. The number of amides is 1. The zero-order valence-corrected chi connectivity index (χ0v) is 19.3. The number of alkyl halides is 3. The molecule has 0 unspecified atom stereocenters. The maximum absolute atomic E-state index is 13.2. The van der Waals surface area contributed by atoms with Gasteiger partial charge >= 0.3 is 11.9 Å². The van der Waals surface area contributed by atoms with Gasteiger partial charge in [0, 0.05) is 14.1 Å². The van der Waals surface area contributed by atoms with E-state index in [1.54, 1.807) is 12.1 Å². The number of aryl methyl sites for hydroxylation is 1. The molecule has 176 valence electrons. The Labute approximate surface area is 198 Å². The van der Waals surface area contributed by atoms with E-state index in [9.17, 15) is 27.6 Å². The first-order valence-corrected chi connectivity index (χ1v) is 11.5. The molecule has 34 heavy (non-hydrogen) atoms. The standard InChI is InChI=1S/C21H16F3N5O3S2/c1-28-17-15(19(31)29(2)20(28)32)18(27-16(26-17)13-8-5-9-33-13)34-10-14(30)25-12-7-4-3-6-11(12)21(22,23)24/h3-9H,10H2,1-2H3,(H,25,30). The molecule has 0 spiro atoms. The van der Waals surface area contributed by atoms with E-state index in [1.807, 2.05) is 5.38 Å². The molecule has 0 radical (unpaired) electrons. The smallest absolute Gasteiger partial charge is 0.325 e. The summed E-state index contributed by atoms with van der Waals surface area (Å²) in [5.41, 5.74) is -2.46. The van der Waals surface area contributed by atoms with Gasteiger partial charge in [-0.2, -0.15) is 13.2 Å². The van der Waals surface area contributed by atoms with Crippen molar-refractivity contribution >= 4 is 45.7 Å². The van der Waals surface area contributed by atoms with Crippen LogP contribution in [0.3, 0.4) is 0 Å². The highest BCUT2D eigenvalue weighted by molar-refractivity contribution is 8.00. The summed E-state index contributed by atoms with van der Waals surface area (Å²) in [6, 6.07) is 8.19. The number of hydrogen-bond donors (Lipinski definition) is 1. The van der Waals surface area contributed by atoms with Crippen molar-refractivity contribution in [3.8, 4) is 10.7 Å². The summed E-state index contributed by atoms with van der Waals surface area (Å²) in [5.74, 6) is -0.780. The van der Waals surface area contributed by atoms with E-state index in [1.165, 1.54) is 42.1 Å². The summed E-state index contributed by atoms with van der Waals surface area (Å²) < 4.78 is 41.8. The van der Waals surface area contributed by atoms with Crippen molar-refractivity contribution in [3.63, 3.8) is 0 Å². The third-order valence-electron chi connectivity index (χ3n) is 4.85. The Kier molecular flexibility index (Phi) is 6.32. The molecular weight excluding hydrogens is 491 g/mol. The van der Waals surface area contributed by atoms with Crippen LogP contribution in [0.25, 0.3) is 21.7 Å². The summed E-state index contributed by atoms with van der Waals surface area (Å²) in [6.07, 6.45) is -4.63. The second-order valence-corrected chi connectivity index (χ2v) is 9.03. The monoisotopic (exact) mass is 507 g/mol. The van der Waals surface area contributed by atoms with Crippen LogP contribution in [0.15, 0.2) is 56.4 Å². The highest BCUT2D eigenvalue weighted by Crippen LogP contribution is 2.35. The van der Waals surface area contributed by atoms with Crippen molar-refractivity contribution < 1.29 is 18.0 Å². The Hall–Kier alpha value is -3.45. The van der Waals surface area contributed by atoms with Crippen LogP contribution >= 0.6 is 23.1 Å². The third kappa shape index (κ3) is 4.48. The molecule has 0 aliphatic heterocycles. The second kappa shape index (κ2) is 9.06. The first-order valence-electron chi connectivity index (χ1n) is 9.68. The number of fused-ring (bicyclic) bond motifs is 1. The van der Waals surface area contributed by atoms with E-state index in [4.69, 9.17) is 0 Å². The van der Waals surface area contributed by atoms with Crippen molar-refractivity contribution in [2.75, 3.05) is 11.1 Å². The highest BCUT2D eigenvalue weighted by atomic mass is 32.2. The zero-order chi connectivity index (χ0) is 24.6. The normalized spacial score (nSPS) is 11.7. The molecule has 1 amide bonds. The van der Waals surface area contributed by atoms with Gasteiger partial charge in [-0.3, -0.25) is 18.7 Å². The number of carbonyl (C=O) groups is 1. The Balaban J connectivity index is 1.72. The van der Waals surface area contributed by atoms with Crippen LogP contribution in [0.1, 0.15) is 5.56 Å². The van der Waals surface area contributed by atoms with Gasteiger partial charge in [-0.1, -0.05) is 30.0 Å². The summed E-state index contributed by atoms with van der Waals surface area (Å²) in [4.78, 5) is 47.2. The van der Waals surface area contributed by atoms with Crippen LogP contribution in [0.2, 0.25) is 0 Å². The fourth-order valence-corrected chi connectivity index (χ4v) is 4.68. The third-order valence-corrected chi connectivity index (χ3v) is 6.70. The number of nitrogens with zero attached hydrogens (tertiary/aromatic N) is 4. The first-order chi connectivity index (χ1) is 16.1. The number of aromatic nitrogens is 4. The topological polar surface area (TPSA) is 98.9 Å². The average molecular weight is 508 g/mol. The molecular formula is C21H16F3N5O3S2. The lowest BCUT2D eigenvalue weighted by Gasteiger charge is -2.14. The molecule has 0 saturated heterocycles. The van der Waals surface area contributed by atoms with E-state index < -0.39 is 28.9 Å². The molecule has 3 heterocycles. The number of carbonyl (C=O) groups excluding carboxylic acids is 1. The number of thiophene rings is 1. The van der Waals surface area contributed by atoms with Crippen LogP contribution in [-0.4, -0.2) is 30.8 Å². The lowest BCUT2D eigenvalue weighted by Crippen LogP contribution is -2.37. The largest absolute Gasteiger partial charge is 0.418 e. The predicted octanol–water partition coefficient (Wildman–Crippen LogP) is 3.51. The van der Waals surface area contributed by atoms with Crippen molar-refractivity contribution in [1.29, 1.82) is 0 Å². The van der Waals surface area contributed by atoms with Crippen molar-refractivity contribution in [3.05, 3.63) is 68.2 Å². The number of para-hydroxylation sites is 1. The maximum atomic E-state index is 13.2. The fourth-order valence-electron chi connectivity index (χ4n) is 3.21. The summed E-state index contributed by atoms with van der Waals surface area (Å²) >= 11 is 2.22. The molecule has 13 heteroatoms. The molecule has 1 N–H and O–H groups in total. The highest BCUT2D eigenvalue weighted by Gasteiger charge is 2.33. The summed E-state index contributed by atoms with van der Waals surface area (Å²) in [6.45, 7) is 0. The van der Waals surface area contributed by atoms with Gasteiger partial charge in [0.2, 0.25) is 5.91 Å². The van der Waals surface area contributed by atoms with Gasteiger partial charge in [-0.05, 0) is 23.6 Å². The van der Waals surface area contributed by atoms with Crippen LogP contribution in [0, 0.1) is 0 Å². The number of benzene rings is 1. The predicted molar refractivity (Wildman–Crippen MR) is 124 cm³/mol. The van der Waals surface area contributed by atoms with Gasteiger partial charge in [0.05, 0.1) is 21.9 Å². The van der Waals surface area contributed by atoms with E-state index in [2.05, 4.69) is 15.3 Å². The minimum Gasteiger partial charge on any atom is -0.325 e. The quantitative estimate of drug-likeness (QED) is 0.328. The lowest BCUT2D eigenvalue weighted by atomic mass is 10.1. The number of thioether (sulfide) groups is 1. The van der Waals surface area contributed by atoms with Crippen LogP contribution in [0.4, 0.5) is 18.9 Å². The maximum Gasteiger partial charge on any atom is 0.418 e. The fraction of sp³-hybridized carbons (Fsp3) is 0.190. The number of rotatable bonds is 5. The molecule has 0 aliphatic rings. The SMILES string of the molecule is Cn1c(=O)c2c(SCC(=O)Nc3ccccc3C(F)(F)F)nc(-c3cccs3)nc2n(C)c1=O. The molecule has 0 bridgehead atoms. The number of anilines is 1. The van der Waals surface area contributed by atoms with E-state index in [-0.39, 0.29) is 33.3 Å². The van der Waals surface area contributed by atoms with Gasteiger partial charge in [-0.15, -0.1) is 11.3 Å². The van der Waals surface area contributed by atoms with Crippen LogP contribution in [-0.2, 0) is 25.1 Å². The van der Waals surface area contributed by atoms with Gasteiger partial charge in [0.1, 0.15) is 10.4 Å². The zero-order valence-electron chi connectivity index (χ0n) is 17.7. The second-order valence-electron chi connectivity index (χ2n) is 7.11. The first kappa shape index (κ1) is 23.7. The van der Waals surface area contributed by atoms with Crippen molar-refractivity contribution in [2.45, 2.75) is 11.2 Å². The molecule has 8 nitrogen and oxygen atoms in total. The van der Waals surface area contributed by atoms with Crippen LogP contribution in [0.5, 0.6) is 0 Å². The molecule has 0 aliphatic carbocycles. The Morgan fingerprint density at radius 3 is 2.50 bits per heavy atom. The minimum absolute atomic E-state index is 0.0402. The van der Waals surface area contributed by atoms with Gasteiger partial charge in [0.15, 0.2) is 11.5 Å². The number of nitrogens with one attached hydrogen (secondary N) is 1. The molecule has 4 aromatic rings. The molecule has 0 atom stereocenters. The van der Waals surface area contributed by atoms with Gasteiger partial charge in [0.25, 0.3) is 5.56 Å². The molecule has 1 aromatic carbocycles. The minimum atomic E-state index is -4.63. The number of halogens is 3. The Bertz CT molecular complexity index is 1510. The van der Waals surface area contributed by atoms with E-state index in [0.717, 1.165) is 28.5 Å². The van der Waals surface area contributed by atoms with Crippen molar-refractivity contribution in [2.24, 2.45) is 14.1 Å². The number of hydrogen-bond acceptors (Lipinski definition) is 7. The van der Waals surface area contributed by atoms with Gasteiger partial charge < -0.3 is 5.32 Å². The van der Waals surface area contributed by atoms with Crippen LogP contribution < -0.4 is 16.6 Å². The van der Waals surface area contributed by atoms with E-state index >= 15 is 0 Å². The Morgan fingerprint density at radius 1 is 1.09 bits per heavy atom. The molecule has 0 fully saturated rings.